The molecule has 1 aliphatic carbocycles. The third-order valence-corrected chi connectivity index (χ3v) is 2.78. The van der Waals surface area contributed by atoms with Crippen LogP contribution in [-0.2, 0) is 6.42 Å². The molecule has 3 nitrogen and oxygen atoms in total. The van der Waals surface area contributed by atoms with E-state index in [0.717, 1.165) is 18.5 Å². The quantitative estimate of drug-likeness (QED) is 0.881. The minimum absolute atomic E-state index is 0.150. The molecule has 2 rings (SSSR count). The molecule has 1 saturated carbocycles. The molecule has 0 saturated heterocycles. The molecule has 0 unspecified atom stereocenters. The third kappa shape index (κ3) is 3.85. The molecule has 1 aromatic heterocycles. The van der Waals surface area contributed by atoms with Gasteiger partial charge < -0.3 is 5.32 Å². The molecule has 0 atom stereocenters. The Balaban J connectivity index is 2.12. The normalized spacial score (nSPS) is 15.8. The summed E-state index contributed by atoms with van der Waals surface area (Å²) in [7, 11) is 0. The Morgan fingerprint density at radius 1 is 1.33 bits per heavy atom. The highest BCUT2D eigenvalue weighted by molar-refractivity contribution is 5.38. The fourth-order valence-electron chi connectivity index (χ4n) is 1.74. The second kappa shape index (κ2) is 5.12. The number of hydrogen-bond donors (Lipinski definition) is 1. The number of nitrogens with zero attached hydrogens (tertiary/aromatic N) is 2. The van der Waals surface area contributed by atoms with Gasteiger partial charge in [-0.2, -0.15) is 13.2 Å². The van der Waals surface area contributed by atoms with Gasteiger partial charge in [0, 0.05) is 30.6 Å². The summed E-state index contributed by atoms with van der Waals surface area (Å²) in [5.41, 5.74) is 0.873. The van der Waals surface area contributed by atoms with E-state index in [4.69, 9.17) is 0 Å². The monoisotopic (exact) mass is 259 g/mol. The van der Waals surface area contributed by atoms with E-state index in [-0.39, 0.29) is 12.2 Å². The van der Waals surface area contributed by atoms with Gasteiger partial charge >= 0.3 is 6.18 Å². The molecule has 0 aromatic carbocycles. The molecule has 0 spiro atoms. The SMILES string of the molecule is CCNc1cc(C2CC2)nc(CCC(F)(F)F)n1. The molecule has 1 N–H and O–H groups in total. The van der Waals surface area contributed by atoms with Gasteiger partial charge in [0.05, 0.1) is 6.42 Å². The topological polar surface area (TPSA) is 37.8 Å². The Kier molecular flexibility index (Phi) is 3.73. The van der Waals surface area contributed by atoms with Crippen LogP contribution >= 0.6 is 0 Å². The van der Waals surface area contributed by atoms with Crippen molar-refractivity contribution in [1.29, 1.82) is 0 Å². The number of aromatic nitrogens is 2. The van der Waals surface area contributed by atoms with Crippen LogP contribution in [-0.4, -0.2) is 22.7 Å². The number of rotatable bonds is 5. The van der Waals surface area contributed by atoms with Crippen LogP contribution in [0, 0.1) is 0 Å². The second-order valence-electron chi connectivity index (χ2n) is 4.51. The molecule has 0 amide bonds. The molecular formula is C12H16F3N3. The second-order valence-corrected chi connectivity index (χ2v) is 4.51. The maximum atomic E-state index is 12.2. The van der Waals surface area contributed by atoms with Crippen LogP contribution in [0.5, 0.6) is 0 Å². The van der Waals surface area contributed by atoms with Crippen LogP contribution in [0.3, 0.4) is 0 Å². The lowest BCUT2D eigenvalue weighted by Crippen LogP contribution is -2.12. The Bertz CT molecular complexity index is 414. The molecule has 0 radical (unpaired) electrons. The smallest absolute Gasteiger partial charge is 0.370 e. The van der Waals surface area contributed by atoms with Gasteiger partial charge in [-0.25, -0.2) is 9.97 Å². The van der Waals surface area contributed by atoms with Gasteiger partial charge in [0.25, 0.3) is 0 Å². The van der Waals surface area contributed by atoms with Crippen molar-refractivity contribution in [3.63, 3.8) is 0 Å². The fraction of sp³-hybridized carbons (Fsp3) is 0.667. The van der Waals surface area contributed by atoms with Crippen molar-refractivity contribution >= 4 is 5.82 Å². The molecule has 0 aliphatic heterocycles. The molecule has 1 fully saturated rings. The number of alkyl halides is 3. The van der Waals surface area contributed by atoms with Crippen LogP contribution in [0.1, 0.15) is 43.6 Å². The molecule has 1 aromatic rings. The summed E-state index contributed by atoms with van der Waals surface area (Å²) in [5, 5.41) is 3.04. The summed E-state index contributed by atoms with van der Waals surface area (Å²) in [4.78, 5) is 8.34. The number of anilines is 1. The van der Waals surface area contributed by atoms with Gasteiger partial charge in [0.1, 0.15) is 11.6 Å². The van der Waals surface area contributed by atoms with Crippen LogP contribution in [0.25, 0.3) is 0 Å². The summed E-state index contributed by atoms with van der Waals surface area (Å²) in [6.45, 7) is 2.62. The molecule has 1 aliphatic rings. The van der Waals surface area contributed by atoms with Crippen molar-refractivity contribution in [2.45, 2.75) is 44.7 Å². The van der Waals surface area contributed by atoms with E-state index in [9.17, 15) is 13.2 Å². The van der Waals surface area contributed by atoms with Crippen molar-refractivity contribution in [1.82, 2.24) is 9.97 Å². The molecule has 100 valence electrons. The largest absolute Gasteiger partial charge is 0.389 e. The van der Waals surface area contributed by atoms with E-state index in [2.05, 4.69) is 15.3 Å². The lowest BCUT2D eigenvalue weighted by atomic mass is 10.2. The summed E-state index contributed by atoms with van der Waals surface area (Å²) < 4.78 is 36.6. The van der Waals surface area contributed by atoms with E-state index in [1.54, 1.807) is 0 Å². The standard InChI is InChI=1S/C12H16F3N3/c1-2-16-11-7-9(8-3-4-8)17-10(18-11)5-6-12(13,14)15/h7-8H,2-6H2,1H3,(H,16,17,18). The number of aryl methyl sites for hydroxylation is 1. The first-order valence-corrected chi connectivity index (χ1v) is 6.16. The van der Waals surface area contributed by atoms with Gasteiger partial charge in [-0.1, -0.05) is 0 Å². The number of halogens is 3. The minimum Gasteiger partial charge on any atom is -0.370 e. The highest BCUT2D eigenvalue weighted by Crippen LogP contribution is 2.39. The predicted octanol–water partition coefficient (Wildman–Crippen LogP) is 3.28. The van der Waals surface area contributed by atoms with Gasteiger partial charge in [0.2, 0.25) is 0 Å². The molecule has 1 heterocycles. The van der Waals surface area contributed by atoms with E-state index in [1.807, 2.05) is 13.0 Å². The zero-order valence-corrected chi connectivity index (χ0v) is 10.2. The molecule has 0 bridgehead atoms. The van der Waals surface area contributed by atoms with Crippen LogP contribution in [0.4, 0.5) is 19.0 Å². The first-order chi connectivity index (χ1) is 8.48. The number of hydrogen-bond acceptors (Lipinski definition) is 3. The maximum Gasteiger partial charge on any atom is 0.389 e. The summed E-state index contributed by atoms with van der Waals surface area (Å²) in [6, 6.07) is 1.85. The van der Waals surface area contributed by atoms with Crippen molar-refractivity contribution in [3.8, 4) is 0 Å². The van der Waals surface area contributed by atoms with E-state index < -0.39 is 12.6 Å². The average Bonchev–Trinajstić information content (AvgIpc) is 3.09. The van der Waals surface area contributed by atoms with Gasteiger partial charge in [-0.3, -0.25) is 0 Å². The van der Waals surface area contributed by atoms with E-state index in [1.165, 1.54) is 0 Å². The third-order valence-electron chi connectivity index (χ3n) is 2.78. The molecule has 6 heteroatoms. The van der Waals surface area contributed by atoms with Gasteiger partial charge in [0.15, 0.2) is 0 Å². The Labute approximate surface area is 104 Å². The summed E-state index contributed by atoms with van der Waals surface area (Å²) in [6.07, 6.45) is -3.03. The van der Waals surface area contributed by atoms with Gasteiger partial charge in [-0.05, 0) is 19.8 Å². The fourth-order valence-corrected chi connectivity index (χ4v) is 1.74. The summed E-state index contributed by atoms with van der Waals surface area (Å²) in [5.74, 6) is 1.33. The summed E-state index contributed by atoms with van der Waals surface area (Å²) >= 11 is 0. The lowest BCUT2D eigenvalue weighted by molar-refractivity contribution is -0.134. The van der Waals surface area contributed by atoms with Gasteiger partial charge in [-0.15, -0.1) is 0 Å². The molecular weight excluding hydrogens is 243 g/mol. The highest BCUT2D eigenvalue weighted by Gasteiger charge is 2.29. The molecule has 18 heavy (non-hydrogen) atoms. The Morgan fingerprint density at radius 3 is 2.61 bits per heavy atom. The lowest BCUT2D eigenvalue weighted by Gasteiger charge is -2.09. The van der Waals surface area contributed by atoms with Crippen molar-refractivity contribution in [2.75, 3.05) is 11.9 Å². The zero-order valence-electron chi connectivity index (χ0n) is 10.2. The predicted molar refractivity (Wildman–Crippen MR) is 62.5 cm³/mol. The zero-order chi connectivity index (χ0) is 13.2. The first kappa shape index (κ1) is 13.1. The Morgan fingerprint density at radius 2 is 2.06 bits per heavy atom. The Hall–Kier alpha value is -1.33. The average molecular weight is 259 g/mol. The minimum atomic E-state index is -4.16. The van der Waals surface area contributed by atoms with Crippen molar-refractivity contribution < 1.29 is 13.2 Å². The van der Waals surface area contributed by atoms with E-state index >= 15 is 0 Å². The van der Waals surface area contributed by atoms with Crippen molar-refractivity contribution in [3.05, 3.63) is 17.6 Å². The van der Waals surface area contributed by atoms with E-state index in [0.29, 0.717) is 18.3 Å². The van der Waals surface area contributed by atoms with Crippen LogP contribution in [0.2, 0.25) is 0 Å². The van der Waals surface area contributed by atoms with Crippen molar-refractivity contribution in [2.24, 2.45) is 0 Å². The first-order valence-electron chi connectivity index (χ1n) is 6.16. The number of nitrogens with one attached hydrogen (secondary N) is 1. The highest BCUT2D eigenvalue weighted by atomic mass is 19.4. The van der Waals surface area contributed by atoms with Crippen LogP contribution in [0.15, 0.2) is 6.07 Å². The van der Waals surface area contributed by atoms with Crippen LogP contribution < -0.4 is 5.32 Å². The maximum absolute atomic E-state index is 12.2.